The molecule has 0 aromatic heterocycles. The minimum absolute atomic E-state index is 0.154. The second-order valence-electron chi connectivity index (χ2n) is 5.75. The van der Waals surface area contributed by atoms with E-state index in [9.17, 15) is 13.2 Å². The second kappa shape index (κ2) is 8.78. The Kier molecular flexibility index (Phi) is 6.73. The molecule has 0 spiro atoms. The summed E-state index contributed by atoms with van der Waals surface area (Å²) in [5.74, 6) is 0.0420. The van der Waals surface area contributed by atoms with Crippen LogP contribution in [0, 0.1) is 0 Å². The molecule has 0 heterocycles. The van der Waals surface area contributed by atoms with Gasteiger partial charge in [-0.05, 0) is 36.2 Å². The Morgan fingerprint density at radius 2 is 1.64 bits per heavy atom. The number of amides is 1. The molecule has 2 N–H and O–H groups in total. The first-order valence-corrected chi connectivity index (χ1v) is 9.89. The van der Waals surface area contributed by atoms with Crippen LogP contribution in [0.4, 0.5) is 0 Å². The number of carbonyl (C=O) groups is 1. The SMILES string of the molecule is CCNS(=O)(=O)c1ccc(C(=O)NCC(CC)c2ccccc2)cc1. The second-order valence-corrected chi connectivity index (χ2v) is 7.52. The van der Waals surface area contributed by atoms with E-state index in [-0.39, 0.29) is 16.7 Å². The molecule has 0 radical (unpaired) electrons. The summed E-state index contributed by atoms with van der Waals surface area (Å²) in [6.45, 7) is 4.67. The molecule has 5 nitrogen and oxygen atoms in total. The predicted molar refractivity (Wildman–Crippen MR) is 99.1 cm³/mol. The third-order valence-electron chi connectivity index (χ3n) is 4.03. The van der Waals surface area contributed by atoms with Crippen LogP contribution in [0.5, 0.6) is 0 Å². The number of sulfonamides is 1. The number of rotatable bonds is 8. The summed E-state index contributed by atoms with van der Waals surface area (Å²) in [7, 11) is -3.50. The van der Waals surface area contributed by atoms with E-state index in [0.29, 0.717) is 18.7 Å². The zero-order valence-corrected chi connectivity index (χ0v) is 15.3. The molecule has 0 aliphatic heterocycles. The average Bonchev–Trinajstić information content (AvgIpc) is 2.63. The number of hydrogen-bond acceptors (Lipinski definition) is 3. The Bertz CT molecular complexity index is 787. The van der Waals surface area contributed by atoms with Crippen LogP contribution in [-0.4, -0.2) is 27.4 Å². The van der Waals surface area contributed by atoms with Gasteiger partial charge in [-0.3, -0.25) is 4.79 Å². The summed E-state index contributed by atoms with van der Waals surface area (Å²) in [5, 5.41) is 2.93. The van der Waals surface area contributed by atoms with E-state index < -0.39 is 10.0 Å². The number of nitrogens with one attached hydrogen (secondary N) is 2. The molecule has 0 fully saturated rings. The normalized spacial score (nSPS) is 12.6. The smallest absolute Gasteiger partial charge is 0.251 e. The highest BCUT2D eigenvalue weighted by Crippen LogP contribution is 2.18. The number of carbonyl (C=O) groups excluding carboxylic acids is 1. The number of hydrogen-bond donors (Lipinski definition) is 2. The van der Waals surface area contributed by atoms with Gasteiger partial charge in [0.05, 0.1) is 4.90 Å². The first-order chi connectivity index (χ1) is 12.0. The van der Waals surface area contributed by atoms with E-state index >= 15 is 0 Å². The van der Waals surface area contributed by atoms with Gasteiger partial charge in [-0.2, -0.15) is 0 Å². The molecule has 25 heavy (non-hydrogen) atoms. The molecule has 2 aromatic carbocycles. The Labute approximate surface area is 149 Å². The lowest BCUT2D eigenvalue weighted by molar-refractivity contribution is 0.0951. The van der Waals surface area contributed by atoms with Crippen molar-refractivity contribution in [2.75, 3.05) is 13.1 Å². The van der Waals surface area contributed by atoms with Crippen molar-refractivity contribution < 1.29 is 13.2 Å². The van der Waals surface area contributed by atoms with Crippen molar-refractivity contribution in [2.24, 2.45) is 0 Å². The maximum atomic E-state index is 12.3. The van der Waals surface area contributed by atoms with Crippen LogP contribution >= 0.6 is 0 Å². The average molecular weight is 360 g/mol. The third kappa shape index (κ3) is 5.14. The van der Waals surface area contributed by atoms with Crippen molar-refractivity contribution in [1.82, 2.24) is 10.0 Å². The summed E-state index contributed by atoms with van der Waals surface area (Å²) in [4.78, 5) is 12.5. The van der Waals surface area contributed by atoms with Crippen molar-refractivity contribution in [3.05, 3.63) is 65.7 Å². The quantitative estimate of drug-likeness (QED) is 0.760. The standard InChI is InChI=1S/C19H24N2O3S/c1-3-15(16-8-6-5-7-9-16)14-20-19(22)17-10-12-18(13-11-17)25(23,24)21-4-2/h5-13,15,21H,3-4,14H2,1-2H3,(H,20,22). The minimum atomic E-state index is -3.50. The van der Waals surface area contributed by atoms with Crippen LogP contribution in [0.2, 0.25) is 0 Å². The van der Waals surface area contributed by atoms with E-state index in [1.54, 1.807) is 6.92 Å². The summed E-state index contributed by atoms with van der Waals surface area (Å²) in [6, 6.07) is 16.0. The van der Waals surface area contributed by atoms with E-state index in [1.807, 2.05) is 18.2 Å². The van der Waals surface area contributed by atoms with Gasteiger partial charge < -0.3 is 5.32 Å². The first-order valence-electron chi connectivity index (χ1n) is 8.40. The van der Waals surface area contributed by atoms with E-state index in [2.05, 4.69) is 29.1 Å². The topological polar surface area (TPSA) is 75.3 Å². The van der Waals surface area contributed by atoms with Gasteiger partial charge in [0.2, 0.25) is 10.0 Å². The van der Waals surface area contributed by atoms with Gasteiger partial charge in [0, 0.05) is 24.6 Å². The molecule has 134 valence electrons. The van der Waals surface area contributed by atoms with Crippen LogP contribution in [0.15, 0.2) is 59.5 Å². The summed E-state index contributed by atoms with van der Waals surface area (Å²) >= 11 is 0. The van der Waals surface area contributed by atoms with Gasteiger partial charge in [-0.25, -0.2) is 13.1 Å². The maximum Gasteiger partial charge on any atom is 0.251 e. The number of benzene rings is 2. The lowest BCUT2D eigenvalue weighted by Crippen LogP contribution is -2.28. The van der Waals surface area contributed by atoms with Gasteiger partial charge in [0.15, 0.2) is 0 Å². The molecule has 0 bridgehead atoms. The Morgan fingerprint density at radius 1 is 1.00 bits per heavy atom. The lowest BCUT2D eigenvalue weighted by atomic mass is 9.96. The molecule has 1 amide bonds. The molecular weight excluding hydrogens is 336 g/mol. The van der Waals surface area contributed by atoms with Gasteiger partial charge in [0.1, 0.15) is 0 Å². The fourth-order valence-electron chi connectivity index (χ4n) is 2.60. The van der Waals surface area contributed by atoms with Gasteiger partial charge in [0.25, 0.3) is 5.91 Å². The molecular formula is C19H24N2O3S. The van der Waals surface area contributed by atoms with Crippen LogP contribution in [0.25, 0.3) is 0 Å². The van der Waals surface area contributed by atoms with E-state index in [4.69, 9.17) is 0 Å². The summed E-state index contributed by atoms with van der Waals surface area (Å²) in [6.07, 6.45) is 0.921. The lowest BCUT2D eigenvalue weighted by Gasteiger charge is -2.16. The van der Waals surface area contributed by atoms with E-state index in [0.717, 1.165) is 6.42 Å². The van der Waals surface area contributed by atoms with Crippen LogP contribution in [0.1, 0.15) is 42.1 Å². The Hall–Kier alpha value is -2.18. The van der Waals surface area contributed by atoms with Crippen LogP contribution in [-0.2, 0) is 10.0 Å². The predicted octanol–water partition coefficient (Wildman–Crippen LogP) is 2.91. The van der Waals surface area contributed by atoms with E-state index in [1.165, 1.54) is 29.8 Å². The largest absolute Gasteiger partial charge is 0.351 e. The third-order valence-corrected chi connectivity index (χ3v) is 5.60. The van der Waals surface area contributed by atoms with Gasteiger partial charge >= 0.3 is 0 Å². The van der Waals surface area contributed by atoms with Crippen molar-refractivity contribution in [1.29, 1.82) is 0 Å². The molecule has 0 saturated heterocycles. The van der Waals surface area contributed by atoms with Gasteiger partial charge in [-0.1, -0.05) is 44.2 Å². The first kappa shape index (κ1) is 19.1. The van der Waals surface area contributed by atoms with Crippen LogP contribution < -0.4 is 10.0 Å². The molecule has 0 aliphatic rings. The molecule has 0 saturated carbocycles. The summed E-state index contributed by atoms with van der Waals surface area (Å²) in [5.41, 5.74) is 1.63. The highest BCUT2D eigenvalue weighted by molar-refractivity contribution is 7.89. The molecule has 2 aromatic rings. The highest BCUT2D eigenvalue weighted by Gasteiger charge is 2.15. The molecule has 2 rings (SSSR count). The Morgan fingerprint density at radius 3 is 2.20 bits per heavy atom. The monoisotopic (exact) mass is 360 g/mol. The fourth-order valence-corrected chi connectivity index (χ4v) is 3.64. The molecule has 1 unspecified atom stereocenters. The zero-order chi connectivity index (χ0) is 18.3. The fraction of sp³-hybridized carbons (Fsp3) is 0.316. The van der Waals surface area contributed by atoms with Crippen molar-refractivity contribution in [3.8, 4) is 0 Å². The van der Waals surface area contributed by atoms with Crippen molar-refractivity contribution >= 4 is 15.9 Å². The maximum absolute atomic E-state index is 12.3. The summed E-state index contributed by atoms with van der Waals surface area (Å²) < 4.78 is 26.2. The van der Waals surface area contributed by atoms with Gasteiger partial charge in [-0.15, -0.1) is 0 Å². The van der Waals surface area contributed by atoms with Crippen LogP contribution in [0.3, 0.4) is 0 Å². The molecule has 6 heteroatoms. The van der Waals surface area contributed by atoms with Crippen molar-refractivity contribution in [3.63, 3.8) is 0 Å². The molecule has 1 atom stereocenters. The minimum Gasteiger partial charge on any atom is -0.351 e. The highest BCUT2D eigenvalue weighted by atomic mass is 32.2. The zero-order valence-electron chi connectivity index (χ0n) is 14.5. The molecule has 0 aliphatic carbocycles. The van der Waals surface area contributed by atoms with Crippen molar-refractivity contribution in [2.45, 2.75) is 31.1 Å². The Balaban J connectivity index is 2.01.